The lowest BCUT2D eigenvalue weighted by Crippen LogP contribution is -2.48. The minimum atomic E-state index is -1.23. The fourth-order valence-electron chi connectivity index (χ4n) is 2.58. The second kappa shape index (κ2) is 4.26. The Morgan fingerprint density at radius 3 is 2.74 bits per heavy atom. The summed E-state index contributed by atoms with van der Waals surface area (Å²) in [5.74, 6) is -0.597. The van der Waals surface area contributed by atoms with Gasteiger partial charge in [0.15, 0.2) is 0 Å². The van der Waals surface area contributed by atoms with Crippen molar-refractivity contribution in [2.45, 2.75) is 25.7 Å². The molecular formula is C14H15NO4. The number of carbonyl (C=O) groups is 2. The zero-order valence-electron chi connectivity index (χ0n) is 10.4. The summed E-state index contributed by atoms with van der Waals surface area (Å²) < 4.78 is 5.39. The smallest absolute Gasteiger partial charge is 0.319 e. The quantitative estimate of drug-likeness (QED) is 0.814. The van der Waals surface area contributed by atoms with E-state index in [0.29, 0.717) is 25.1 Å². The summed E-state index contributed by atoms with van der Waals surface area (Å²) in [6.07, 6.45) is 2.45. The van der Waals surface area contributed by atoms with Crippen molar-refractivity contribution >= 4 is 17.6 Å². The van der Waals surface area contributed by atoms with E-state index >= 15 is 0 Å². The topological polar surface area (TPSA) is 75.6 Å². The highest BCUT2D eigenvalue weighted by molar-refractivity contribution is 6.09. The van der Waals surface area contributed by atoms with E-state index in [2.05, 4.69) is 5.32 Å². The molecule has 0 aromatic heterocycles. The van der Waals surface area contributed by atoms with Crippen LogP contribution in [0.1, 0.15) is 24.8 Å². The Balaban J connectivity index is 1.78. The summed E-state index contributed by atoms with van der Waals surface area (Å²) in [5.41, 5.74) is 0.466. The third-order valence-corrected chi connectivity index (χ3v) is 4.00. The summed E-state index contributed by atoms with van der Waals surface area (Å²) in [4.78, 5) is 23.4. The Morgan fingerprint density at radius 2 is 2.11 bits per heavy atom. The number of anilines is 1. The van der Waals surface area contributed by atoms with Gasteiger partial charge in [-0.1, -0.05) is 6.42 Å². The fraction of sp³-hybridized carbons (Fsp3) is 0.429. The van der Waals surface area contributed by atoms with Crippen molar-refractivity contribution in [1.82, 2.24) is 0 Å². The summed E-state index contributed by atoms with van der Waals surface area (Å²) in [5, 5.41) is 11.9. The Morgan fingerprint density at radius 1 is 1.32 bits per heavy atom. The van der Waals surface area contributed by atoms with Crippen LogP contribution in [0.3, 0.4) is 0 Å². The van der Waals surface area contributed by atoms with Crippen LogP contribution in [-0.2, 0) is 16.0 Å². The number of nitrogens with one attached hydrogen (secondary N) is 1. The summed E-state index contributed by atoms with van der Waals surface area (Å²) in [6.45, 7) is 0.659. The molecule has 19 heavy (non-hydrogen) atoms. The Hall–Kier alpha value is -2.04. The maximum atomic E-state index is 12.1. The van der Waals surface area contributed by atoms with Crippen LogP contribution in [0.25, 0.3) is 0 Å². The molecule has 2 N–H and O–H groups in total. The SMILES string of the molecule is O=C(O)C1(C(=O)Nc2ccc3c(c2)CCO3)CCC1. The van der Waals surface area contributed by atoms with Gasteiger partial charge in [0.05, 0.1) is 6.61 Å². The molecule has 2 aliphatic rings. The van der Waals surface area contributed by atoms with Gasteiger partial charge in [0.1, 0.15) is 11.2 Å². The van der Waals surface area contributed by atoms with Gasteiger partial charge in [-0.15, -0.1) is 0 Å². The van der Waals surface area contributed by atoms with Crippen molar-refractivity contribution in [3.63, 3.8) is 0 Å². The zero-order chi connectivity index (χ0) is 13.5. The summed E-state index contributed by atoms with van der Waals surface area (Å²) in [7, 11) is 0. The molecule has 0 radical (unpaired) electrons. The molecular weight excluding hydrogens is 246 g/mol. The first-order valence-electron chi connectivity index (χ1n) is 6.42. The molecule has 0 unspecified atom stereocenters. The second-order valence-corrected chi connectivity index (χ2v) is 5.12. The number of carboxylic acid groups (broad SMARTS) is 1. The Bertz CT molecular complexity index is 548. The number of hydrogen-bond acceptors (Lipinski definition) is 3. The average molecular weight is 261 g/mol. The van der Waals surface area contributed by atoms with Gasteiger partial charge in [-0.2, -0.15) is 0 Å². The number of carbonyl (C=O) groups excluding carboxylic acids is 1. The van der Waals surface area contributed by atoms with Crippen molar-refractivity contribution in [1.29, 1.82) is 0 Å². The molecule has 1 amide bonds. The van der Waals surface area contributed by atoms with E-state index in [-0.39, 0.29) is 0 Å². The maximum Gasteiger partial charge on any atom is 0.319 e. The Kier molecular flexibility index (Phi) is 2.69. The third-order valence-electron chi connectivity index (χ3n) is 4.00. The predicted octanol–water partition coefficient (Wildman–Crippen LogP) is 1.81. The molecule has 1 saturated carbocycles. The number of hydrogen-bond donors (Lipinski definition) is 2. The molecule has 0 atom stereocenters. The Labute approximate surface area is 110 Å². The van der Waals surface area contributed by atoms with E-state index in [0.717, 1.165) is 24.2 Å². The van der Waals surface area contributed by atoms with E-state index in [1.54, 1.807) is 6.07 Å². The molecule has 5 heteroatoms. The minimum Gasteiger partial charge on any atom is -0.493 e. The van der Waals surface area contributed by atoms with Crippen LogP contribution in [0.15, 0.2) is 18.2 Å². The lowest BCUT2D eigenvalue weighted by atomic mass is 9.68. The highest BCUT2D eigenvalue weighted by atomic mass is 16.5. The van der Waals surface area contributed by atoms with Gasteiger partial charge in [0.2, 0.25) is 5.91 Å². The highest BCUT2D eigenvalue weighted by Crippen LogP contribution is 2.42. The standard InChI is InChI=1S/C14H15NO4/c16-12(14(13(17)18)5-1-6-14)15-10-2-3-11-9(8-10)4-7-19-11/h2-3,8H,1,4-7H2,(H,15,16)(H,17,18). The van der Waals surface area contributed by atoms with Gasteiger partial charge in [-0.3, -0.25) is 9.59 Å². The van der Waals surface area contributed by atoms with Crippen LogP contribution in [-0.4, -0.2) is 23.6 Å². The number of amides is 1. The van der Waals surface area contributed by atoms with Gasteiger partial charge in [-0.05, 0) is 36.6 Å². The monoisotopic (exact) mass is 261 g/mol. The molecule has 3 rings (SSSR count). The highest BCUT2D eigenvalue weighted by Gasteiger charge is 2.51. The van der Waals surface area contributed by atoms with Crippen LogP contribution < -0.4 is 10.1 Å². The van der Waals surface area contributed by atoms with E-state index < -0.39 is 17.3 Å². The molecule has 1 aliphatic carbocycles. The molecule has 0 saturated heterocycles. The number of fused-ring (bicyclic) bond motifs is 1. The average Bonchev–Trinajstić information content (AvgIpc) is 2.73. The van der Waals surface area contributed by atoms with Gasteiger partial charge in [0, 0.05) is 12.1 Å². The second-order valence-electron chi connectivity index (χ2n) is 5.12. The van der Waals surface area contributed by atoms with E-state index in [1.165, 1.54) is 0 Å². The molecule has 0 bridgehead atoms. The fourth-order valence-corrected chi connectivity index (χ4v) is 2.58. The minimum absolute atomic E-state index is 0.412. The predicted molar refractivity (Wildman–Crippen MR) is 68.2 cm³/mol. The van der Waals surface area contributed by atoms with Gasteiger partial charge < -0.3 is 15.2 Å². The van der Waals surface area contributed by atoms with Crippen LogP contribution in [0, 0.1) is 5.41 Å². The zero-order valence-corrected chi connectivity index (χ0v) is 10.4. The molecule has 1 fully saturated rings. The molecule has 0 spiro atoms. The lowest BCUT2D eigenvalue weighted by molar-refractivity contribution is -0.159. The largest absolute Gasteiger partial charge is 0.493 e. The number of benzene rings is 1. The first kappa shape index (κ1) is 12.0. The normalized spacial score (nSPS) is 18.9. The van der Waals surface area contributed by atoms with Crippen molar-refractivity contribution in [3.8, 4) is 5.75 Å². The molecule has 1 aromatic carbocycles. The molecule has 1 aromatic rings. The summed E-state index contributed by atoms with van der Waals surface area (Å²) in [6, 6.07) is 5.41. The molecule has 1 aliphatic heterocycles. The van der Waals surface area contributed by atoms with E-state index in [1.807, 2.05) is 12.1 Å². The number of ether oxygens (including phenoxy) is 1. The van der Waals surface area contributed by atoms with E-state index in [9.17, 15) is 14.7 Å². The summed E-state index contributed by atoms with van der Waals surface area (Å²) >= 11 is 0. The molecule has 100 valence electrons. The number of aliphatic carboxylic acids is 1. The lowest BCUT2D eigenvalue weighted by Gasteiger charge is -2.35. The van der Waals surface area contributed by atoms with Gasteiger partial charge in [0.25, 0.3) is 0 Å². The van der Waals surface area contributed by atoms with Crippen LogP contribution in [0.4, 0.5) is 5.69 Å². The third kappa shape index (κ3) is 1.85. The van der Waals surface area contributed by atoms with E-state index in [4.69, 9.17) is 4.74 Å². The number of rotatable bonds is 3. The van der Waals surface area contributed by atoms with Crippen molar-refractivity contribution in [2.75, 3.05) is 11.9 Å². The molecule has 5 nitrogen and oxygen atoms in total. The maximum absolute atomic E-state index is 12.1. The van der Waals surface area contributed by atoms with Crippen LogP contribution >= 0.6 is 0 Å². The molecule has 1 heterocycles. The van der Waals surface area contributed by atoms with Crippen LogP contribution in [0.2, 0.25) is 0 Å². The van der Waals surface area contributed by atoms with Crippen molar-refractivity contribution in [2.24, 2.45) is 5.41 Å². The van der Waals surface area contributed by atoms with Gasteiger partial charge >= 0.3 is 5.97 Å². The first-order valence-corrected chi connectivity index (χ1v) is 6.42. The van der Waals surface area contributed by atoms with Crippen molar-refractivity contribution in [3.05, 3.63) is 23.8 Å². The number of carboxylic acids is 1. The van der Waals surface area contributed by atoms with Crippen LogP contribution in [0.5, 0.6) is 5.75 Å². The first-order chi connectivity index (χ1) is 9.12. The van der Waals surface area contributed by atoms with Gasteiger partial charge in [-0.25, -0.2) is 0 Å². The van der Waals surface area contributed by atoms with Crippen molar-refractivity contribution < 1.29 is 19.4 Å².